The van der Waals surface area contributed by atoms with Gasteiger partial charge in [-0.25, -0.2) is 0 Å². The minimum atomic E-state index is 0.626. The van der Waals surface area contributed by atoms with Crippen molar-refractivity contribution in [2.45, 2.75) is 68.7 Å². The predicted molar refractivity (Wildman–Crippen MR) is 218 cm³/mol. The fourth-order valence-electron chi connectivity index (χ4n) is 7.30. The van der Waals surface area contributed by atoms with Crippen molar-refractivity contribution < 1.29 is 0 Å². The predicted octanol–water partition coefficient (Wildman–Crippen LogP) is 13.7. The van der Waals surface area contributed by atoms with Gasteiger partial charge in [-0.3, -0.25) is 9.98 Å². The number of hydrogen-bond acceptors (Lipinski definition) is 2. The van der Waals surface area contributed by atoms with Crippen molar-refractivity contribution >= 4 is 23.3 Å². The third kappa shape index (κ3) is 7.92. The summed E-state index contributed by atoms with van der Waals surface area (Å²) < 4.78 is 0. The van der Waals surface area contributed by atoms with Crippen LogP contribution in [0.4, 0.5) is 11.4 Å². The molecule has 0 fully saturated rings. The summed E-state index contributed by atoms with van der Waals surface area (Å²) in [7, 11) is 0. The van der Waals surface area contributed by atoms with Crippen molar-refractivity contribution in [1.82, 2.24) is 0 Å². The molecule has 0 aliphatic rings. The van der Waals surface area contributed by atoms with Crippen LogP contribution in [0.3, 0.4) is 0 Å². The number of rotatable bonds is 8. The van der Waals surface area contributed by atoms with E-state index in [1.54, 1.807) is 0 Å². The summed E-state index contributed by atoms with van der Waals surface area (Å²) in [5, 5.41) is 0. The van der Waals surface area contributed by atoms with Crippen LogP contribution in [0, 0.1) is 55.4 Å². The first kappa shape index (κ1) is 34.5. The maximum Gasteiger partial charge on any atom is 0.0785 e. The van der Waals surface area contributed by atoms with Gasteiger partial charge in [-0.2, -0.15) is 0 Å². The van der Waals surface area contributed by atoms with Gasteiger partial charge in [0.2, 0.25) is 0 Å². The molecule has 0 atom stereocenters. The molecule has 2 heteroatoms. The first-order valence-corrected chi connectivity index (χ1v) is 17.6. The molecule has 0 radical (unpaired) electrons. The largest absolute Gasteiger partial charge is 0.260 e. The zero-order valence-electron chi connectivity index (χ0n) is 31.1. The minimum Gasteiger partial charge on any atom is -0.260 e. The number of hydrogen-bond donors (Lipinski definition) is 0. The molecular weight excluding hydrogens is 605 g/mol. The second-order valence-electron chi connectivity index (χ2n) is 14.3. The van der Waals surface area contributed by atoms with Crippen LogP contribution in [0.2, 0.25) is 0 Å². The molecule has 6 aromatic rings. The van der Waals surface area contributed by atoms with Crippen molar-refractivity contribution in [3.63, 3.8) is 0 Å². The molecule has 0 unspecified atom stereocenters. The lowest BCUT2D eigenvalue weighted by atomic mass is 9.93. The fourth-order valence-corrected chi connectivity index (χ4v) is 7.30. The van der Waals surface area contributed by atoms with Gasteiger partial charge < -0.3 is 0 Å². The molecule has 50 heavy (non-hydrogen) atoms. The summed E-state index contributed by atoms with van der Waals surface area (Å²) in [6.07, 6.45) is 2.67. The molecule has 0 aliphatic heterocycles. The molecule has 0 heterocycles. The topological polar surface area (TPSA) is 24.7 Å². The molecule has 0 spiro atoms. The summed E-state index contributed by atoms with van der Waals surface area (Å²) in [5.41, 5.74) is 22.3. The van der Waals surface area contributed by atoms with E-state index in [0.29, 0.717) is 6.42 Å². The maximum atomic E-state index is 5.39. The van der Waals surface area contributed by atoms with E-state index in [1.165, 1.54) is 66.8 Å². The lowest BCUT2D eigenvalue weighted by Gasteiger charge is -2.15. The molecule has 0 aromatic heterocycles. The normalized spacial score (nSPS) is 11.8. The minimum absolute atomic E-state index is 0.626. The second-order valence-corrected chi connectivity index (χ2v) is 14.3. The molecular formula is C48H48N2. The second kappa shape index (κ2) is 14.6. The van der Waals surface area contributed by atoms with Gasteiger partial charge in [0.25, 0.3) is 0 Å². The van der Waals surface area contributed by atoms with Crippen LogP contribution in [0.5, 0.6) is 0 Å². The highest BCUT2D eigenvalue weighted by Crippen LogP contribution is 2.42. The van der Waals surface area contributed by atoms with Crippen LogP contribution in [-0.4, -0.2) is 11.9 Å². The van der Waals surface area contributed by atoms with E-state index in [1.807, 2.05) is 6.21 Å². The number of nitrogens with zero attached hydrogens (tertiary/aromatic N) is 2. The Labute approximate surface area is 299 Å². The summed E-state index contributed by atoms with van der Waals surface area (Å²) in [6, 6.07) is 40.1. The van der Waals surface area contributed by atoms with E-state index in [0.717, 1.165) is 39.3 Å². The number of benzene rings is 6. The van der Waals surface area contributed by atoms with Crippen molar-refractivity contribution in [2.24, 2.45) is 9.98 Å². The molecule has 6 aromatic carbocycles. The van der Waals surface area contributed by atoms with Crippen LogP contribution in [0.1, 0.15) is 57.9 Å². The van der Waals surface area contributed by atoms with E-state index in [9.17, 15) is 0 Å². The van der Waals surface area contributed by atoms with E-state index in [4.69, 9.17) is 9.98 Å². The third-order valence-corrected chi connectivity index (χ3v) is 9.11. The molecule has 0 bridgehead atoms. The lowest BCUT2D eigenvalue weighted by molar-refractivity contribution is 1.36. The lowest BCUT2D eigenvalue weighted by Crippen LogP contribution is -1.95. The molecule has 0 saturated carbocycles. The number of para-hydroxylation sites is 2. The van der Waals surface area contributed by atoms with Gasteiger partial charge >= 0.3 is 0 Å². The Balaban J connectivity index is 1.46. The fraction of sp³-hybridized carbons (Fsp3) is 0.208. The zero-order valence-corrected chi connectivity index (χ0v) is 31.1. The average molecular weight is 653 g/mol. The average Bonchev–Trinajstić information content (AvgIpc) is 3.03. The van der Waals surface area contributed by atoms with Gasteiger partial charge in [-0.15, -0.1) is 0 Å². The first-order chi connectivity index (χ1) is 23.9. The third-order valence-electron chi connectivity index (χ3n) is 9.11. The number of aliphatic imine (C=N–C) groups is 2. The molecule has 0 saturated heterocycles. The Bertz CT molecular complexity index is 2060. The Morgan fingerprint density at radius 2 is 0.700 bits per heavy atom. The Hall–Kier alpha value is -5.34. The van der Waals surface area contributed by atoms with Gasteiger partial charge in [-0.05, 0) is 84.6 Å². The molecule has 250 valence electrons. The highest BCUT2D eigenvalue weighted by molar-refractivity contribution is 6.01. The van der Waals surface area contributed by atoms with E-state index in [-0.39, 0.29) is 0 Å². The SMILES string of the molecule is CC(CC=Nc1c(-c2cc(C)cc(C)c2)cccc1-c1cc(C)cc(C)c1)=Nc1c(-c2cc(C)cc(C)c2)cccc1-c1cc(C)cc(C)c1. The van der Waals surface area contributed by atoms with Crippen LogP contribution < -0.4 is 0 Å². The quantitative estimate of drug-likeness (QED) is 0.146. The van der Waals surface area contributed by atoms with Crippen LogP contribution >= 0.6 is 0 Å². The van der Waals surface area contributed by atoms with Gasteiger partial charge in [0, 0.05) is 40.6 Å². The van der Waals surface area contributed by atoms with Gasteiger partial charge in [-0.1, -0.05) is 154 Å². The van der Waals surface area contributed by atoms with Gasteiger partial charge in [0.1, 0.15) is 0 Å². The molecule has 0 aliphatic carbocycles. The highest BCUT2D eigenvalue weighted by atomic mass is 14.8. The smallest absolute Gasteiger partial charge is 0.0785 e. The Morgan fingerprint density at radius 1 is 0.420 bits per heavy atom. The van der Waals surface area contributed by atoms with Crippen LogP contribution in [0.15, 0.2) is 119 Å². The molecule has 0 N–H and O–H groups in total. The van der Waals surface area contributed by atoms with E-state index in [2.05, 4.69) is 172 Å². The van der Waals surface area contributed by atoms with Crippen molar-refractivity contribution in [2.75, 3.05) is 0 Å². The summed E-state index contributed by atoms with van der Waals surface area (Å²) in [6.45, 7) is 19.4. The van der Waals surface area contributed by atoms with E-state index < -0.39 is 0 Å². The van der Waals surface area contributed by atoms with Gasteiger partial charge in [0.15, 0.2) is 0 Å². The van der Waals surface area contributed by atoms with Crippen molar-refractivity contribution in [3.05, 3.63) is 154 Å². The Morgan fingerprint density at radius 3 is 1.00 bits per heavy atom. The molecule has 2 nitrogen and oxygen atoms in total. The standard InChI is InChI=1S/C48H48N2/c1-30-18-31(2)23-39(22-30)43-12-10-13-44(40-24-32(3)19-33(4)25-40)47(43)49-17-16-38(9)50-48-45(41-26-34(5)20-35(6)27-41)14-11-15-46(48)42-28-36(7)21-37(8)29-42/h10-15,17-29H,16H2,1-9H3. The van der Waals surface area contributed by atoms with Crippen molar-refractivity contribution in [3.8, 4) is 44.5 Å². The van der Waals surface area contributed by atoms with Crippen LogP contribution in [0.25, 0.3) is 44.5 Å². The summed E-state index contributed by atoms with van der Waals surface area (Å²) in [5.74, 6) is 0. The first-order valence-electron chi connectivity index (χ1n) is 17.6. The van der Waals surface area contributed by atoms with Crippen LogP contribution in [-0.2, 0) is 0 Å². The monoisotopic (exact) mass is 652 g/mol. The number of aryl methyl sites for hydroxylation is 8. The maximum absolute atomic E-state index is 5.39. The summed E-state index contributed by atoms with van der Waals surface area (Å²) in [4.78, 5) is 10.7. The zero-order chi connectivity index (χ0) is 35.5. The van der Waals surface area contributed by atoms with Gasteiger partial charge in [0.05, 0.1) is 11.4 Å². The van der Waals surface area contributed by atoms with Crippen molar-refractivity contribution in [1.29, 1.82) is 0 Å². The Kier molecular flexibility index (Phi) is 10.1. The molecule has 6 rings (SSSR count). The van der Waals surface area contributed by atoms with E-state index >= 15 is 0 Å². The summed E-state index contributed by atoms with van der Waals surface area (Å²) >= 11 is 0. The molecule has 0 amide bonds. The highest BCUT2D eigenvalue weighted by Gasteiger charge is 2.15.